The fourth-order valence-electron chi connectivity index (χ4n) is 1.53. The number of methoxy groups -OCH3 is 1. The van der Waals surface area contributed by atoms with Crippen LogP contribution in [0.3, 0.4) is 0 Å². The molecule has 0 saturated heterocycles. The molecule has 1 amide bonds. The molecule has 2 N–H and O–H groups in total. The minimum atomic E-state index is -0.594. The number of hydrogen-bond donors (Lipinski definition) is 1. The second-order valence-electron chi connectivity index (χ2n) is 3.42. The van der Waals surface area contributed by atoms with Gasteiger partial charge in [-0.3, -0.25) is 9.59 Å². The van der Waals surface area contributed by atoms with Crippen molar-refractivity contribution in [2.24, 2.45) is 5.73 Å². The number of Topliss-reactive ketones (excluding diaryl/α,β-unsaturated/α-hetero) is 1. The van der Waals surface area contributed by atoms with E-state index in [2.05, 4.69) is 0 Å². The molecule has 0 aliphatic rings. The average molecular weight is 221 g/mol. The van der Waals surface area contributed by atoms with Crippen LogP contribution >= 0.6 is 0 Å². The van der Waals surface area contributed by atoms with Gasteiger partial charge >= 0.3 is 0 Å². The van der Waals surface area contributed by atoms with Gasteiger partial charge in [0.25, 0.3) is 5.91 Å². The number of amides is 1. The van der Waals surface area contributed by atoms with E-state index in [1.54, 1.807) is 18.2 Å². The van der Waals surface area contributed by atoms with Crippen molar-refractivity contribution in [1.82, 2.24) is 0 Å². The molecule has 0 radical (unpaired) electrons. The average Bonchev–Trinajstić information content (AvgIpc) is 2.28. The highest BCUT2D eigenvalue weighted by Crippen LogP contribution is 2.24. The molecule has 4 heteroatoms. The molecule has 16 heavy (non-hydrogen) atoms. The zero-order valence-corrected chi connectivity index (χ0v) is 9.45. The summed E-state index contributed by atoms with van der Waals surface area (Å²) >= 11 is 0. The van der Waals surface area contributed by atoms with Crippen LogP contribution in [0.15, 0.2) is 18.2 Å². The van der Waals surface area contributed by atoms with Gasteiger partial charge in [0.05, 0.1) is 18.2 Å². The molecule has 4 nitrogen and oxygen atoms in total. The number of para-hydroxylation sites is 1. The molecular formula is C12H15NO3. The van der Waals surface area contributed by atoms with Crippen LogP contribution in [0.1, 0.15) is 40.5 Å². The Kier molecular flexibility index (Phi) is 4.05. The zero-order valence-electron chi connectivity index (χ0n) is 9.45. The summed E-state index contributed by atoms with van der Waals surface area (Å²) in [4.78, 5) is 22.9. The molecule has 0 heterocycles. The van der Waals surface area contributed by atoms with Crippen LogP contribution in [0.5, 0.6) is 5.75 Å². The van der Waals surface area contributed by atoms with E-state index < -0.39 is 5.91 Å². The number of carbonyl (C=O) groups excluding carboxylic acids is 2. The van der Waals surface area contributed by atoms with Gasteiger partial charge in [-0.2, -0.15) is 0 Å². The third kappa shape index (κ3) is 2.39. The Morgan fingerprint density at radius 1 is 1.31 bits per heavy atom. The van der Waals surface area contributed by atoms with Crippen LogP contribution in [0, 0.1) is 0 Å². The highest BCUT2D eigenvalue weighted by Gasteiger charge is 2.17. The number of benzene rings is 1. The lowest BCUT2D eigenvalue weighted by atomic mass is 10.0. The lowest BCUT2D eigenvalue weighted by molar-refractivity contribution is 0.0978. The number of ether oxygens (including phenoxy) is 1. The van der Waals surface area contributed by atoms with E-state index in [0.29, 0.717) is 12.0 Å². The van der Waals surface area contributed by atoms with E-state index in [9.17, 15) is 9.59 Å². The molecule has 0 aliphatic heterocycles. The van der Waals surface area contributed by atoms with Gasteiger partial charge in [-0.1, -0.05) is 13.0 Å². The first-order chi connectivity index (χ1) is 7.61. The van der Waals surface area contributed by atoms with Crippen LogP contribution in [-0.2, 0) is 0 Å². The van der Waals surface area contributed by atoms with Gasteiger partial charge in [0.1, 0.15) is 5.75 Å². The topological polar surface area (TPSA) is 69.4 Å². The van der Waals surface area contributed by atoms with Crippen LogP contribution in [0.2, 0.25) is 0 Å². The van der Waals surface area contributed by atoms with Crippen molar-refractivity contribution in [3.05, 3.63) is 29.3 Å². The molecule has 0 bridgehead atoms. The molecule has 1 aromatic carbocycles. The predicted molar refractivity (Wildman–Crippen MR) is 60.8 cm³/mol. The van der Waals surface area contributed by atoms with Gasteiger partial charge in [0.15, 0.2) is 5.78 Å². The molecule has 0 aliphatic carbocycles. The normalized spacial score (nSPS) is 9.88. The first kappa shape index (κ1) is 12.2. The molecule has 0 aromatic heterocycles. The Labute approximate surface area is 94.4 Å². The summed E-state index contributed by atoms with van der Waals surface area (Å²) < 4.78 is 5.08. The second kappa shape index (κ2) is 5.30. The van der Waals surface area contributed by atoms with Crippen molar-refractivity contribution in [1.29, 1.82) is 0 Å². The van der Waals surface area contributed by atoms with Crippen molar-refractivity contribution < 1.29 is 14.3 Å². The summed E-state index contributed by atoms with van der Waals surface area (Å²) in [6, 6.07) is 4.82. The molecular weight excluding hydrogens is 206 g/mol. The smallest absolute Gasteiger partial charge is 0.252 e. The van der Waals surface area contributed by atoms with Gasteiger partial charge < -0.3 is 10.5 Å². The number of nitrogens with two attached hydrogens (primary N) is 1. The monoisotopic (exact) mass is 221 g/mol. The van der Waals surface area contributed by atoms with Crippen molar-refractivity contribution in [2.75, 3.05) is 7.11 Å². The Bertz CT molecular complexity index is 413. The molecule has 0 fully saturated rings. The molecule has 86 valence electrons. The summed E-state index contributed by atoms with van der Waals surface area (Å²) in [5.41, 5.74) is 5.86. The Morgan fingerprint density at radius 3 is 2.44 bits per heavy atom. The van der Waals surface area contributed by atoms with Crippen molar-refractivity contribution in [2.45, 2.75) is 19.8 Å². The van der Waals surface area contributed by atoms with E-state index in [4.69, 9.17) is 10.5 Å². The number of primary amides is 1. The van der Waals surface area contributed by atoms with E-state index in [1.165, 1.54) is 7.11 Å². The first-order valence-electron chi connectivity index (χ1n) is 5.11. The lowest BCUT2D eigenvalue weighted by Crippen LogP contribution is -2.14. The summed E-state index contributed by atoms with van der Waals surface area (Å²) in [6.45, 7) is 1.92. The Hall–Kier alpha value is -1.84. The van der Waals surface area contributed by atoms with Gasteiger partial charge in [-0.15, -0.1) is 0 Å². The highest BCUT2D eigenvalue weighted by molar-refractivity contribution is 6.04. The van der Waals surface area contributed by atoms with E-state index in [-0.39, 0.29) is 17.1 Å². The molecule has 1 aromatic rings. The number of hydrogen-bond acceptors (Lipinski definition) is 3. The molecule has 0 unspecified atom stereocenters. The van der Waals surface area contributed by atoms with Crippen LogP contribution in [0.25, 0.3) is 0 Å². The zero-order chi connectivity index (χ0) is 12.1. The summed E-state index contributed by atoms with van der Waals surface area (Å²) in [7, 11) is 1.42. The third-order valence-electron chi connectivity index (χ3n) is 2.26. The highest BCUT2D eigenvalue weighted by atomic mass is 16.5. The lowest BCUT2D eigenvalue weighted by Gasteiger charge is -2.10. The van der Waals surface area contributed by atoms with Crippen LogP contribution in [-0.4, -0.2) is 18.8 Å². The van der Waals surface area contributed by atoms with E-state index >= 15 is 0 Å². The molecule has 0 atom stereocenters. The standard InChI is InChI=1S/C12H15NO3/c1-3-5-10(14)8-6-4-7-9(12(13)15)11(8)16-2/h4,6-7H,3,5H2,1-2H3,(H2,13,15). The van der Waals surface area contributed by atoms with Gasteiger partial charge in [0.2, 0.25) is 0 Å². The minimum Gasteiger partial charge on any atom is -0.495 e. The number of carbonyl (C=O) groups is 2. The Balaban J connectivity index is 3.24. The minimum absolute atomic E-state index is 0.0394. The van der Waals surface area contributed by atoms with Crippen LogP contribution < -0.4 is 10.5 Å². The SMILES string of the molecule is CCCC(=O)c1cccc(C(N)=O)c1OC. The van der Waals surface area contributed by atoms with Gasteiger partial charge in [-0.05, 0) is 18.6 Å². The predicted octanol–water partition coefficient (Wildman–Crippen LogP) is 1.78. The van der Waals surface area contributed by atoms with Gasteiger partial charge in [0, 0.05) is 6.42 Å². The number of ketones is 1. The molecule has 1 rings (SSSR count). The maximum atomic E-state index is 11.8. The fraction of sp³-hybridized carbons (Fsp3) is 0.333. The second-order valence-corrected chi connectivity index (χ2v) is 3.42. The quantitative estimate of drug-likeness (QED) is 0.770. The van der Waals surface area contributed by atoms with E-state index in [0.717, 1.165) is 6.42 Å². The summed E-state index contributed by atoms with van der Waals surface area (Å²) in [6.07, 6.45) is 1.18. The van der Waals surface area contributed by atoms with Crippen LogP contribution in [0.4, 0.5) is 0 Å². The van der Waals surface area contributed by atoms with Crippen molar-refractivity contribution >= 4 is 11.7 Å². The van der Waals surface area contributed by atoms with E-state index in [1.807, 2.05) is 6.92 Å². The molecule has 0 spiro atoms. The molecule has 0 saturated carbocycles. The first-order valence-corrected chi connectivity index (χ1v) is 5.11. The number of rotatable bonds is 5. The van der Waals surface area contributed by atoms with Crippen molar-refractivity contribution in [3.8, 4) is 5.75 Å². The summed E-state index contributed by atoms with van der Waals surface area (Å²) in [5.74, 6) is -0.362. The maximum Gasteiger partial charge on any atom is 0.252 e. The van der Waals surface area contributed by atoms with Gasteiger partial charge in [-0.25, -0.2) is 0 Å². The largest absolute Gasteiger partial charge is 0.495 e. The Morgan fingerprint density at radius 2 is 1.94 bits per heavy atom. The van der Waals surface area contributed by atoms with Crippen molar-refractivity contribution in [3.63, 3.8) is 0 Å². The third-order valence-corrected chi connectivity index (χ3v) is 2.26. The fourth-order valence-corrected chi connectivity index (χ4v) is 1.53. The maximum absolute atomic E-state index is 11.8. The summed E-state index contributed by atoms with van der Waals surface area (Å²) in [5, 5.41) is 0.